The van der Waals surface area contributed by atoms with Crippen LogP contribution in [0.25, 0.3) is 0 Å². The van der Waals surface area contributed by atoms with Crippen molar-refractivity contribution in [1.29, 1.82) is 0 Å². The monoisotopic (exact) mass is 234 g/mol. The molecule has 0 amide bonds. The van der Waals surface area contributed by atoms with E-state index in [1.54, 1.807) is 0 Å². The smallest absolute Gasteiger partial charge is 0.206 e. The lowest BCUT2D eigenvalue weighted by Crippen LogP contribution is -2.37. The molecule has 0 bridgehead atoms. The lowest BCUT2D eigenvalue weighted by Gasteiger charge is -2.42. The van der Waals surface area contributed by atoms with Crippen molar-refractivity contribution in [3.63, 3.8) is 0 Å². The Labute approximate surface area is 94.9 Å². The molecule has 0 aromatic carbocycles. The third-order valence-electron chi connectivity index (χ3n) is 4.09. The van der Waals surface area contributed by atoms with Crippen LogP contribution in [0.4, 0.5) is 0 Å². The molecule has 92 valence electrons. The van der Waals surface area contributed by atoms with Gasteiger partial charge in [0, 0.05) is 11.3 Å². The maximum Gasteiger partial charge on any atom is 0.206 e. The van der Waals surface area contributed by atoms with Crippen LogP contribution in [-0.2, 0) is 4.57 Å². The molecule has 15 heavy (non-hydrogen) atoms. The predicted molar refractivity (Wildman–Crippen MR) is 67.8 cm³/mol. The van der Waals surface area contributed by atoms with Crippen molar-refractivity contribution in [2.45, 2.75) is 65.5 Å². The van der Waals surface area contributed by atoms with Gasteiger partial charge in [0.05, 0.1) is 0 Å². The first-order valence-electron chi connectivity index (χ1n) is 6.27. The molecule has 0 aromatic rings. The van der Waals surface area contributed by atoms with Gasteiger partial charge in [0.25, 0.3) is 0 Å². The van der Waals surface area contributed by atoms with Gasteiger partial charge in [-0.3, -0.25) is 4.57 Å². The first-order chi connectivity index (χ1) is 6.95. The van der Waals surface area contributed by atoms with Crippen molar-refractivity contribution in [1.82, 2.24) is 0 Å². The van der Waals surface area contributed by atoms with E-state index in [4.69, 9.17) is 0 Å². The van der Waals surface area contributed by atoms with Crippen LogP contribution in [0.1, 0.15) is 60.3 Å². The minimum atomic E-state index is -3.00. The number of rotatable bonds is 7. The maximum absolute atomic E-state index is 12.4. The Morgan fingerprint density at radius 1 is 1.07 bits per heavy atom. The molecule has 0 saturated heterocycles. The van der Waals surface area contributed by atoms with Crippen LogP contribution in [0.2, 0.25) is 0 Å². The first kappa shape index (κ1) is 15.2. The third-order valence-corrected chi connectivity index (χ3v) is 7.34. The van der Waals surface area contributed by atoms with Gasteiger partial charge in [0.2, 0.25) is 7.37 Å². The lowest BCUT2D eigenvalue weighted by atomic mass is 9.83. The van der Waals surface area contributed by atoms with E-state index in [0.717, 1.165) is 25.7 Å². The van der Waals surface area contributed by atoms with Crippen LogP contribution in [0.5, 0.6) is 0 Å². The normalized spacial score (nSPS) is 16.7. The van der Waals surface area contributed by atoms with Crippen LogP contribution in [-0.4, -0.2) is 16.2 Å². The van der Waals surface area contributed by atoms with Gasteiger partial charge in [-0.15, -0.1) is 0 Å². The molecule has 0 saturated carbocycles. The van der Waals surface area contributed by atoms with Gasteiger partial charge < -0.3 is 4.89 Å². The molecule has 0 spiro atoms. The topological polar surface area (TPSA) is 37.3 Å². The van der Waals surface area contributed by atoms with E-state index in [2.05, 4.69) is 27.7 Å². The first-order valence-corrected chi connectivity index (χ1v) is 8.12. The third kappa shape index (κ3) is 2.65. The maximum atomic E-state index is 12.4. The quantitative estimate of drug-likeness (QED) is 0.668. The van der Waals surface area contributed by atoms with E-state index in [1.165, 1.54) is 0 Å². The van der Waals surface area contributed by atoms with Gasteiger partial charge in [0.15, 0.2) is 0 Å². The Hall–Kier alpha value is 0.190. The van der Waals surface area contributed by atoms with E-state index >= 15 is 0 Å². The van der Waals surface area contributed by atoms with Crippen molar-refractivity contribution in [2.75, 3.05) is 6.16 Å². The highest BCUT2D eigenvalue weighted by molar-refractivity contribution is 7.59. The summed E-state index contributed by atoms with van der Waals surface area (Å²) in [6.07, 6.45) is 4.05. The molecule has 1 N–H and O–H groups in total. The Kier molecular flexibility index (Phi) is 6.13. The molecule has 1 atom stereocenters. The Balaban J connectivity index is 5.29. The molecule has 0 radical (unpaired) electrons. The summed E-state index contributed by atoms with van der Waals surface area (Å²) in [7, 11) is -3.00. The summed E-state index contributed by atoms with van der Waals surface area (Å²) in [4.78, 5) is 10.2. The van der Waals surface area contributed by atoms with Crippen molar-refractivity contribution in [2.24, 2.45) is 5.92 Å². The van der Waals surface area contributed by atoms with E-state index in [9.17, 15) is 9.46 Å². The average molecular weight is 234 g/mol. The zero-order chi connectivity index (χ0) is 12.1. The second-order valence-electron chi connectivity index (χ2n) is 4.34. The van der Waals surface area contributed by atoms with E-state index in [1.807, 2.05) is 6.92 Å². The van der Waals surface area contributed by atoms with Crippen molar-refractivity contribution >= 4 is 7.37 Å². The van der Waals surface area contributed by atoms with Gasteiger partial charge in [-0.25, -0.2) is 0 Å². The number of hydrogen-bond donors (Lipinski definition) is 1. The van der Waals surface area contributed by atoms with Crippen molar-refractivity contribution < 1.29 is 9.46 Å². The minimum absolute atomic E-state index is 0.342. The van der Waals surface area contributed by atoms with Crippen LogP contribution in [0, 0.1) is 5.92 Å². The van der Waals surface area contributed by atoms with Crippen molar-refractivity contribution in [3.8, 4) is 0 Å². The zero-order valence-corrected chi connectivity index (χ0v) is 11.8. The van der Waals surface area contributed by atoms with Gasteiger partial charge in [0.1, 0.15) is 0 Å². The van der Waals surface area contributed by atoms with Crippen LogP contribution in [0.15, 0.2) is 0 Å². The zero-order valence-electron chi connectivity index (χ0n) is 10.9. The molecule has 0 aliphatic carbocycles. The predicted octanol–water partition coefficient (Wildman–Crippen LogP) is 4.27. The summed E-state index contributed by atoms with van der Waals surface area (Å²) in [5, 5.41) is -0.342. The van der Waals surface area contributed by atoms with Crippen LogP contribution >= 0.6 is 7.37 Å². The highest BCUT2D eigenvalue weighted by Crippen LogP contribution is 2.62. The Morgan fingerprint density at radius 2 is 1.47 bits per heavy atom. The average Bonchev–Trinajstić information content (AvgIpc) is 2.25. The lowest BCUT2D eigenvalue weighted by molar-refractivity contribution is 0.287. The Morgan fingerprint density at radius 3 is 1.67 bits per heavy atom. The van der Waals surface area contributed by atoms with E-state index < -0.39 is 7.37 Å². The summed E-state index contributed by atoms with van der Waals surface area (Å²) >= 11 is 0. The van der Waals surface area contributed by atoms with Crippen LogP contribution in [0.3, 0.4) is 0 Å². The largest absolute Gasteiger partial charge is 0.344 e. The molecule has 0 aromatic heterocycles. The molecule has 0 rings (SSSR count). The standard InChI is InChI=1S/C12H27O2P/c1-6-11(7-2)12(8-3,9-4)15(13,14)10-5/h11H,6-10H2,1-5H3,(H,13,14). The summed E-state index contributed by atoms with van der Waals surface area (Å²) in [5.41, 5.74) is 0. The highest BCUT2D eigenvalue weighted by atomic mass is 31.2. The molecule has 0 fully saturated rings. The second kappa shape index (κ2) is 6.06. The van der Waals surface area contributed by atoms with E-state index in [0.29, 0.717) is 12.1 Å². The molecule has 3 heteroatoms. The summed E-state index contributed by atoms with van der Waals surface area (Å²) in [5.74, 6) is 0.378. The van der Waals surface area contributed by atoms with Gasteiger partial charge in [-0.05, 0) is 18.8 Å². The summed E-state index contributed by atoms with van der Waals surface area (Å²) in [6, 6.07) is 0. The fourth-order valence-corrected chi connectivity index (χ4v) is 5.52. The van der Waals surface area contributed by atoms with Gasteiger partial charge in [-0.1, -0.05) is 47.5 Å². The van der Waals surface area contributed by atoms with Gasteiger partial charge >= 0.3 is 0 Å². The van der Waals surface area contributed by atoms with Gasteiger partial charge in [-0.2, -0.15) is 0 Å². The molecule has 0 heterocycles. The second-order valence-corrected chi connectivity index (χ2v) is 7.27. The molecule has 0 aliphatic heterocycles. The van der Waals surface area contributed by atoms with Crippen molar-refractivity contribution in [3.05, 3.63) is 0 Å². The number of hydrogen-bond acceptors (Lipinski definition) is 1. The highest BCUT2D eigenvalue weighted by Gasteiger charge is 2.47. The molecule has 2 nitrogen and oxygen atoms in total. The Bertz CT molecular complexity index is 218. The van der Waals surface area contributed by atoms with E-state index in [-0.39, 0.29) is 5.16 Å². The molecular formula is C12H27O2P. The fraction of sp³-hybridized carbons (Fsp3) is 1.00. The molecule has 1 unspecified atom stereocenters. The molecular weight excluding hydrogens is 207 g/mol. The minimum Gasteiger partial charge on any atom is -0.344 e. The van der Waals surface area contributed by atoms with Crippen LogP contribution < -0.4 is 0 Å². The SMILES string of the molecule is CCC(CC)C(CC)(CC)P(=O)(O)CC. The summed E-state index contributed by atoms with van der Waals surface area (Å²) < 4.78 is 12.4. The molecule has 0 aliphatic rings. The fourth-order valence-electron chi connectivity index (χ4n) is 2.97. The summed E-state index contributed by atoms with van der Waals surface area (Å²) in [6.45, 7) is 10.2.